The Morgan fingerprint density at radius 2 is 1.50 bits per heavy atom. The van der Waals surface area contributed by atoms with Gasteiger partial charge in [-0.1, -0.05) is 96.2 Å². The van der Waals surface area contributed by atoms with Gasteiger partial charge < -0.3 is 14.8 Å². The Balaban J connectivity index is 1.55. The Labute approximate surface area is 230 Å². The zero-order valence-corrected chi connectivity index (χ0v) is 22.2. The van der Waals surface area contributed by atoms with Gasteiger partial charge in [-0.05, 0) is 35.7 Å². The number of esters is 2. The third kappa shape index (κ3) is 6.86. The number of hydrogen-bond donors (Lipinski definition) is 1. The first-order chi connectivity index (χ1) is 18.5. The molecular formula is C30H25ClN2O4S. The van der Waals surface area contributed by atoms with E-state index in [9.17, 15) is 14.9 Å². The lowest BCUT2D eigenvalue weighted by Gasteiger charge is -2.29. The summed E-state index contributed by atoms with van der Waals surface area (Å²) in [4.78, 5) is 25.8. The van der Waals surface area contributed by atoms with Gasteiger partial charge in [-0.2, -0.15) is 5.26 Å². The van der Waals surface area contributed by atoms with Gasteiger partial charge in [0.1, 0.15) is 13.2 Å². The smallest absolute Gasteiger partial charge is 0.337 e. The number of dihydropyridines is 1. The lowest BCUT2D eigenvalue weighted by atomic mass is 9.82. The number of nitrogens with one attached hydrogen (secondary N) is 1. The SMILES string of the molecule is CC1=C(C(=O)OCc2ccccc2)[C@@H](c2ccc(Cl)cc2)C(C#N)=C(SCC(=O)OCc2ccccc2)N1. The Morgan fingerprint density at radius 1 is 0.921 bits per heavy atom. The molecule has 0 aliphatic carbocycles. The lowest BCUT2D eigenvalue weighted by molar-refractivity contribution is -0.142. The predicted molar refractivity (Wildman–Crippen MR) is 148 cm³/mol. The van der Waals surface area contributed by atoms with Crippen molar-refractivity contribution in [2.75, 3.05) is 5.75 Å². The number of halogens is 1. The molecule has 1 heterocycles. The largest absolute Gasteiger partial charge is 0.460 e. The average molecular weight is 545 g/mol. The van der Waals surface area contributed by atoms with Crippen molar-refractivity contribution in [1.29, 1.82) is 5.26 Å². The van der Waals surface area contributed by atoms with Crippen LogP contribution in [0.2, 0.25) is 5.02 Å². The van der Waals surface area contributed by atoms with Crippen LogP contribution in [0.5, 0.6) is 0 Å². The van der Waals surface area contributed by atoms with Crippen molar-refractivity contribution in [2.24, 2.45) is 0 Å². The van der Waals surface area contributed by atoms with Crippen molar-refractivity contribution in [3.63, 3.8) is 0 Å². The predicted octanol–water partition coefficient (Wildman–Crippen LogP) is 6.26. The van der Waals surface area contributed by atoms with E-state index in [0.717, 1.165) is 22.9 Å². The summed E-state index contributed by atoms with van der Waals surface area (Å²) in [5, 5.41) is 14.4. The molecule has 38 heavy (non-hydrogen) atoms. The van der Waals surface area contributed by atoms with E-state index in [1.165, 1.54) is 0 Å². The summed E-state index contributed by atoms with van der Waals surface area (Å²) >= 11 is 7.27. The molecule has 0 saturated carbocycles. The van der Waals surface area contributed by atoms with Gasteiger partial charge >= 0.3 is 11.9 Å². The first-order valence-electron chi connectivity index (χ1n) is 11.9. The molecule has 0 saturated heterocycles. The molecule has 6 nitrogen and oxygen atoms in total. The van der Waals surface area contributed by atoms with Crippen molar-refractivity contribution in [3.8, 4) is 6.07 Å². The highest BCUT2D eigenvalue weighted by molar-refractivity contribution is 8.03. The summed E-state index contributed by atoms with van der Waals surface area (Å²) in [6, 6.07) is 28.0. The minimum atomic E-state index is -0.690. The first-order valence-corrected chi connectivity index (χ1v) is 13.2. The number of thioether (sulfide) groups is 1. The third-order valence-corrected chi connectivity index (χ3v) is 7.10. The number of benzene rings is 3. The molecule has 4 rings (SSSR count). The van der Waals surface area contributed by atoms with E-state index in [0.29, 0.717) is 32.5 Å². The van der Waals surface area contributed by atoms with Gasteiger partial charge in [-0.3, -0.25) is 4.79 Å². The second kappa shape index (κ2) is 13.0. The summed E-state index contributed by atoms with van der Waals surface area (Å²) in [5.41, 5.74) is 3.64. The number of allylic oxidation sites excluding steroid dienone is 2. The topological polar surface area (TPSA) is 88.4 Å². The molecule has 192 valence electrons. The quantitative estimate of drug-likeness (QED) is 0.318. The van der Waals surface area contributed by atoms with Crippen LogP contribution in [0.3, 0.4) is 0 Å². The second-order valence-electron chi connectivity index (χ2n) is 8.50. The van der Waals surface area contributed by atoms with E-state index < -0.39 is 17.9 Å². The highest BCUT2D eigenvalue weighted by Gasteiger charge is 2.35. The molecule has 1 atom stereocenters. The number of carbonyl (C=O) groups is 2. The first kappa shape index (κ1) is 27.1. The lowest BCUT2D eigenvalue weighted by Crippen LogP contribution is -2.29. The molecule has 0 radical (unpaired) electrons. The number of ether oxygens (including phenoxy) is 2. The summed E-state index contributed by atoms with van der Waals surface area (Å²) in [7, 11) is 0. The molecule has 0 amide bonds. The van der Waals surface area contributed by atoms with E-state index in [2.05, 4.69) is 11.4 Å². The minimum Gasteiger partial charge on any atom is -0.460 e. The second-order valence-corrected chi connectivity index (χ2v) is 9.92. The number of nitriles is 1. The maximum atomic E-state index is 13.3. The van der Waals surface area contributed by atoms with Gasteiger partial charge in [-0.25, -0.2) is 4.79 Å². The molecule has 1 aliphatic heterocycles. The van der Waals surface area contributed by atoms with Crippen LogP contribution in [0, 0.1) is 11.3 Å². The van der Waals surface area contributed by atoms with Crippen LogP contribution in [0.15, 0.2) is 107 Å². The summed E-state index contributed by atoms with van der Waals surface area (Å²) in [6.45, 7) is 2.02. The van der Waals surface area contributed by atoms with E-state index >= 15 is 0 Å². The molecule has 0 fully saturated rings. The number of rotatable bonds is 9. The number of carbonyl (C=O) groups excluding carboxylic acids is 2. The highest BCUT2D eigenvalue weighted by Crippen LogP contribution is 2.41. The van der Waals surface area contributed by atoms with Crippen molar-refractivity contribution >= 4 is 35.3 Å². The molecular weight excluding hydrogens is 520 g/mol. The molecule has 3 aromatic carbocycles. The van der Waals surface area contributed by atoms with Crippen LogP contribution in [0.25, 0.3) is 0 Å². The van der Waals surface area contributed by atoms with E-state index in [1.807, 2.05) is 60.7 Å². The van der Waals surface area contributed by atoms with Gasteiger partial charge in [0.25, 0.3) is 0 Å². The average Bonchev–Trinajstić information content (AvgIpc) is 2.95. The van der Waals surface area contributed by atoms with Crippen LogP contribution < -0.4 is 5.32 Å². The zero-order chi connectivity index (χ0) is 26.9. The molecule has 0 spiro atoms. The van der Waals surface area contributed by atoms with Gasteiger partial charge in [-0.15, -0.1) is 0 Å². The molecule has 1 N–H and O–H groups in total. The zero-order valence-electron chi connectivity index (χ0n) is 20.6. The van der Waals surface area contributed by atoms with Crippen molar-refractivity contribution in [3.05, 3.63) is 129 Å². The number of hydrogen-bond acceptors (Lipinski definition) is 7. The Kier molecular flexibility index (Phi) is 9.26. The van der Waals surface area contributed by atoms with Gasteiger partial charge in [0, 0.05) is 10.7 Å². The Bertz CT molecular complexity index is 1400. The summed E-state index contributed by atoms with van der Waals surface area (Å²) in [6.07, 6.45) is 0. The van der Waals surface area contributed by atoms with Crippen LogP contribution in [-0.4, -0.2) is 17.7 Å². The molecule has 8 heteroatoms. The Hall–Kier alpha value is -3.99. The Morgan fingerprint density at radius 3 is 2.08 bits per heavy atom. The van der Waals surface area contributed by atoms with E-state index in [-0.39, 0.29) is 19.0 Å². The monoisotopic (exact) mass is 544 g/mol. The van der Waals surface area contributed by atoms with Crippen LogP contribution in [0.4, 0.5) is 0 Å². The summed E-state index contributed by atoms with van der Waals surface area (Å²) in [5.74, 6) is -1.64. The fourth-order valence-corrected chi connectivity index (χ4v) is 5.01. The van der Waals surface area contributed by atoms with Crippen LogP contribution in [-0.2, 0) is 32.3 Å². The van der Waals surface area contributed by atoms with E-state index in [1.54, 1.807) is 31.2 Å². The highest BCUT2D eigenvalue weighted by atomic mass is 35.5. The van der Waals surface area contributed by atoms with Gasteiger partial charge in [0.15, 0.2) is 0 Å². The summed E-state index contributed by atoms with van der Waals surface area (Å²) < 4.78 is 11.0. The van der Waals surface area contributed by atoms with Crippen LogP contribution in [0.1, 0.15) is 29.5 Å². The molecule has 0 aromatic heterocycles. The van der Waals surface area contributed by atoms with Crippen molar-refractivity contribution < 1.29 is 19.1 Å². The molecule has 0 unspecified atom stereocenters. The molecule has 3 aromatic rings. The normalized spacial score (nSPS) is 14.9. The maximum absolute atomic E-state index is 13.3. The van der Waals surface area contributed by atoms with Gasteiger partial charge in [0.05, 0.1) is 33.9 Å². The van der Waals surface area contributed by atoms with Crippen molar-refractivity contribution in [1.82, 2.24) is 5.32 Å². The maximum Gasteiger partial charge on any atom is 0.337 e. The minimum absolute atomic E-state index is 0.00521. The number of nitrogens with zero attached hydrogens (tertiary/aromatic N) is 1. The standard InChI is InChI=1S/C30H25ClN2O4S/c1-20-27(30(35)37-18-22-10-6-3-7-11-22)28(23-12-14-24(31)15-13-23)25(16-32)29(33-20)38-19-26(34)36-17-21-8-4-2-5-9-21/h2-15,28,33H,17-19H2,1H3/t28-/m0/s1. The van der Waals surface area contributed by atoms with Gasteiger partial charge in [0.2, 0.25) is 0 Å². The molecule has 0 bridgehead atoms. The van der Waals surface area contributed by atoms with Crippen LogP contribution >= 0.6 is 23.4 Å². The third-order valence-electron chi connectivity index (χ3n) is 5.86. The molecule has 1 aliphatic rings. The fourth-order valence-electron chi connectivity index (χ4n) is 4.00. The fraction of sp³-hybridized carbons (Fsp3) is 0.167. The van der Waals surface area contributed by atoms with Crippen molar-refractivity contribution in [2.45, 2.75) is 26.1 Å². The van der Waals surface area contributed by atoms with E-state index in [4.69, 9.17) is 21.1 Å².